The van der Waals surface area contributed by atoms with Gasteiger partial charge in [-0.15, -0.1) is 0 Å². The molecule has 0 saturated heterocycles. The molecule has 0 heterocycles. The van der Waals surface area contributed by atoms with Gasteiger partial charge in [0.2, 0.25) is 0 Å². The Bertz CT molecular complexity index is 756. The van der Waals surface area contributed by atoms with E-state index in [2.05, 4.69) is 59.2 Å². The zero-order valence-corrected chi connectivity index (χ0v) is 17.7. The van der Waals surface area contributed by atoms with Gasteiger partial charge in [0.1, 0.15) is 5.54 Å². The van der Waals surface area contributed by atoms with Gasteiger partial charge in [-0.2, -0.15) is 25.6 Å². The van der Waals surface area contributed by atoms with E-state index >= 15 is 0 Å². The van der Waals surface area contributed by atoms with Gasteiger partial charge in [-0.3, -0.25) is 0 Å². The maximum Gasteiger partial charge on any atom is 0.106 e. The zero-order chi connectivity index (χ0) is 21.6. The Kier molecular flexibility index (Phi) is 11.8. The van der Waals surface area contributed by atoms with Crippen LogP contribution in [0.2, 0.25) is 0 Å². The first-order valence-corrected chi connectivity index (χ1v) is 9.18. The van der Waals surface area contributed by atoms with Crippen molar-refractivity contribution in [3.05, 3.63) is 84.6 Å². The Hall–Kier alpha value is -3.02. The first-order chi connectivity index (χ1) is 13.3. The summed E-state index contributed by atoms with van der Waals surface area (Å²) in [5.74, 6) is 0. The molecule has 0 bridgehead atoms. The van der Waals surface area contributed by atoms with Crippen LogP contribution in [0.3, 0.4) is 0 Å². The predicted octanol–water partition coefficient (Wildman–Crippen LogP) is 8.00. The molecule has 0 spiro atoms. The fourth-order valence-corrected chi connectivity index (χ4v) is 2.22. The van der Waals surface area contributed by atoms with E-state index in [0.29, 0.717) is 17.1 Å². The highest BCUT2D eigenvalue weighted by molar-refractivity contribution is 5.34. The number of nitrogens with zero attached hydrogens (tertiary/aromatic N) is 5. The lowest BCUT2D eigenvalue weighted by Crippen LogP contribution is -2.26. The van der Waals surface area contributed by atoms with Gasteiger partial charge in [-0.25, -0.2) is 5.53 Å². The second-order valence-electron chi connectivity index (χ2n) is 6.22. The molecule has 28 heavy (non-hydrogen) atoms. The van der Waals surface area contributed by atoms with Crippen LogP contribution >= 0.6 is 0 Å². The van der Waals surface area contributed by atoms with Crippen molar-refractivity contribution < 1.29 is 0 Å². The molecule has 6 heteroatoms. The molecule has 6 nitrogen and oxygen atoms in total. The van der Waals surface area contributed by atoms with Gasteiger partial charge in [0.15, 0.2) is 0 Å². The van der Waals surface area contributed by atoms with E-state index in [1.807, 2.05) is 19.1 Å². The molecule has 0 aliphatic carbocycles. The molecular formula is C22H32N6. The molecular weight excluding hydrogens is 348 g/mol. The second kappa shape index (κ2) is 13.2. The van der Waals surface area contributed by atoms with Gasteiger partial charge < -0.3 is 0 Å². The summed E-state index contributed by atoms with van der Waals surface area (Å²) in [6, 6.07) is 0. The molecule has 0 aromatic heterocycles. The number of allylic oxidation sites excluding steroid dienone is 8. The molecule has 0 aliphatic heterocycles. The molecule has 0 radical (unpaired) electrons. The largest absolute Gasteiger partial charge is 0.205 e. The Morgan fingerprint density at radius 2 is 1.46 bits per heavy atom. The fourth-order valence-electron chi connectivity index (χ4n) is 2.22. The highest BCUT2D eigenvalue weighted by Gasteiger charge is 2.28. The third kappa shape index (κ3) is 8.58. The Balaban J connectivity index is 5.81. The molecule has 0 unspecified atom stereocenters. The lowest BCUT2D eigenvalue weighted by atomic mass is 9.85. The number of nitrogens with one attached hydrogen (secondary N) is 1. The minimum atomic E-state index is -0.486. The van der Waals surface area contributed by atoms with Crippen LogP contribution in [0.1, 0.15) is 47.5 Å². The van der Waals surface area contributed by atoms with Crippen LogP contribution in [-0.4, -0.2) is 5.54 Å². The average molecular weight is 381 g/mol. The monoisotopic (exact) mass is 380 g/mol. The first kappa shape index (κ1) is 25.0. The van der Waals surface area contributed by atoms with Crippen LogP contribution < -0.4 is 0 Å². The Morgan fingerprint density at radius 1 is 0.857 bits per heavy atom. The number of hydrogen-bond donors (Lipinski definition) is 1. The molecule has 0 aromatic carbocycles. The summed E-state index contributed by atoms with van der Waals surface area (Å²) in [5.41, 5.74) is 10.1. The van der Waals surface area contributed by atoms with E-state index in [1.165, 1.54) is 0 Å². The summed E-state index contributed by atoms with van der Waals surface area (Å²) in [6.07, 6.45) is 12.2. The molecule has 0 rings (SSSR count). The number of rotatable bonds is 12. The summed E-state index contributed by atoms with van der Waals surface area (Å²) in [4.78, 5) is 0. The lowest BCUT2D eigenvalue weighted by molar-refractivity contribution is 0.453. The highest BCUT2D eigenvalue weighted by atomic mass is 15.2. The molecule has 0 aliphatic rings. The van der Waals surface area contributed by atoms with Crippen molar-refractivity contribution >= 4 is 0 Å². The van der Waals surface area contributed by atoms with Gasteiger partial charge in [-0.05, 0) is 63.5 Å². The third-order valence-corrected chi connectivity index (χ3v) is 4.05. The summed E-state index contributed by atoms with van der Waals surface area (Å²) < 4.78 is 0. The quantitative estimate of drug-likeness (QED) is 0.262. The van der Waals surface area contributed by atoms with Crippen molar-refractivity contribution in [2.75, 3.05) is 0 Å². The van der Waals surface area contributed by atoms with Crippen molar-refractivity contribution in [3.8, 4) is 0 Å². The van der Waals surface area contributed by atoms with E-state index in [9.17, 15) is 0 Å². The van der Waals surface area contributed by atoms with Crippen LogP contribution in [0, 0.1) is 5.53 Å². The summed E-state index contributed by atoms with van der Waals surface area (Å²) in [6.45, 7) is 20.9. The van der Waals surface area contributed by atoms with Crippen molar-refractivity contribution in [2.45, 2.75) is 53.0 Å². The van der Waals surface area contributed by atoms with Gasteiger partial charge in [0, 0.05) is 0 Å². The van der Waals surface area contributed by atoms with Crippen LogP contribution in [0.5, 0.6) is 0 Å². The minimum absolute atomic E-state index is 0.486. The molecule has 0 aromatic rings. The second-order valence-corrected chi connectivity index (χ2v) is 6.22. The van der Waals surface area contributed by atoms with Gasteiger partial charge in [-0.1, -0.05) is 45.7 Å². The minimum Gasteiger partial charge on any atom is -0.205 e. The smallest absolute Gasteiger partial charge is 0.106 e. The van der Waals surface area contributed by atoms with Crippen LogP contribution in [-0.2, 0) is 0 Å². The molecule has 150 valence electrons. The molecule has 0 saturated carbocycles. The standard InChI is InChI=1S/C22H32N6/c1-9-20(15-13-18(7)24-23)22(11-3,12-4)28-26-19(8)14-16-21(10-2)27-25-17(5)6/h9-10,13-16,23H,1-2,5,11-12H2,3-4,6-8H3/b18-13+,19-14+,20-15+,21-16+,24-23?,27-25?,28-26?. The zero-order valence-electron chi connectivity index (χ0n) is 17.7. The summed E-state index contributed by atoms with van der Waals surface area (Å²) in [5, 5.41) is 20.4. The van der Waals surface area contributed by atoms with Crippen LogP contribution in [0.25, 0.3) is 0 Å². The molecule has 0 atom stereocenters. The van der Waals surface area contributed by atoms with Crippen LogP contribution in [0.4, 0.5) is 0 Å². The van der Waals surface area contributed by atoms with Gasteiger partial charge >= 0.3 is 0 Å². The predicted molar refractivity (Wildman–Crippen MR) is 117 cm³/mol. The summed E-state index contributed by atoms with van der Waals surface area (Å²) in [7, 11) is 0. The first-order valence-electron chi connectivity index (χ1n) is 9.18. The van der Waals surface area contributed by atoms with Crippen LogP contribution in [0.15, 0.2) is 110 Å². The van der Waals surface area contributed by atoms with Gasteiger partial charge in [0.05, 0.1) is 22.8 Å². The lowest BCUT2D eigenvalue weighted by Gasteiger charge is -2.27. The van der Waals surface area contributed by atoms with E-state index in [4.69, 9.17) is 5.53 Å². The highest BCUT2D eigenvalue weighted by Crippen LogP contribution is 2.31. The normalized spacial score (nSPS) is 14.6. The Morgan fingerprint density at radius 3 is 1.93 bits per heavy atom. The fraction of sp³-hybridized carbons (Fsp3) is 0.364. The molecule has 0 amide bonds. The van der Waals surface area contributed by atoms with E-state index in [0.717, 1.165) is 24.1 Å². The van der Waals surface area contributed by atoms with E-state index in [1.54, 1.807) is 38.2 Å². The van der Waals surface area contributed by atoms with E-state index < -0.39 is 5.54 Å². The van der Waals surface area contributed by atoms with Crippen molar-refractivity contribution in [1.82, 2.24) is 0 Å². The SMILES string of the molecule is C=C/C(=C\C=C(/C)N=NC(CC)(CC)/C(C=C)=C/C=C(\C)N=N)N=NC(=C)C. The maximum absolute atomic E-state index is 7.06. The van der Waals surface area contributed by atoms with Crippen molar-refractivity contribution in [1.29, 1.82) is 5.53 Å². The van der Waals surface area contributed by atoms with E-state index in [-0.39, 0.29) is 0 Å². The Labute approximate surface area is 169 Å². The summed E-state index contributed by atoms with van der Waals surface area (Å²) >= 11 is 0. The molecule has 1 N–H and O–H groups in total. The maximum atomic E-state index is 7.06. The topological polar surface area (TPSA) is 85.6 Å². The third-order valence-electron chi connectivity index (χ3n) is 4.05. The van der Waals surface area contributed by atoms with Gasteiger partial charge in [0.25, 0.3) is 0 Å². The van der Waals surface area contributed by atoms with Crippen molar-refractivity contribution in [2.24, 2.45) is 25.6 Å². The average Bonchev–Trinajstić information content (AvgIpc) is 2.70. The molecule has 0 fully saturated rings. The van der Waals surface area contributed by atoms with Crippen molar-refractivity contribution in [3.63, 3.8) is 0 Å². The number of hydrogen-bond acceptors (Lipinski definition) is 6. The number of azo groups is 2.